The fourth-order valence-corrected chi connectivity index (χ4v) is 4.60. The molecule has 0 bridgehead atoms. The summed E-state index contributed by atoms with van der Waals surface area (Å²) in [6.07, 6.45) is 2.17. The molecule has 0 amide bonds. The molecule has 0 aromatic carbocycles. The topological polar surface area (TPSA) is 85.2 Å². The minimum absolute atomic E-state index is 0.0269. The van der Waals surface area contributed by atoms with Crippen molar-refractivity contribution in [2.45, 2.75) is 44.8 Å². The van der Waals surface area contributed by atoms with Crippen LogP contribution in [0.4, 0.5) is 4.79 Å². The van der Waals surface area contributed by atoms with Crippen LogP contribution in [0.5, 0.6) is 0 Å². The van der Waals surface area contributed by atoms with Gasteiger partial charge in [-0.15, -0.1) is 0 Å². The number of hydrogen-bond donors (Lipinski definition) is 1. The summed E-state index contributed by atoms with van der Waals surface area (Å²) >= 11 is 0. The lowest BCUT2D eigenvalue weighted by Gasteiger charge is -2.60. The molecule has 1 heterocycles. The van der Waals surface area contributed by atoms with Crippen LogP contribution in [0.25, 0.3) is 0 Å². The summed E-state index contributed by atoms with van der Waals surface area (Å²) in [5.74, 6) is 0.541. The number of nitrogens with zero attached hydrogens (tertiary/aromatic N) is 1. The third-order valence-electron chi connectivity index (χ3n) is 5.33. The summed E-state index contributed by atoms with van der Waals surface area (Å²) in [6.45, 7) is 7.56. The largest absolute Gasteiger partial charge is 0.506 e. The second-order valence-corrected chi connectivity index (χ2v) is 6.62. The highest BCUT2D eigenvalue weighted by atomic mass is 16.7. The fourth-order valence-electron chi connectivity index (χ4n) is 4.60. The summed E-state index contributed by atoms with van der Waals surface area (Å²) < 4.78 is 11.4. The number of carbonyl (C=O) groups excluding carboxylic acids is 1. The van der Waals surface area contributed by atoms with Crippen molar-refractivity contribution < 1.29 is 24.2 Å². The number of carbonyl (C=O) groups is 2. The molecule has 3 rings (SSSR count). The van der Waals surface area contributed by atoms with E-state index in [1.54, 1.807) is 19.2 Å². The molecular formula is C18H21NO5. The van der Waals surface area contributed by atoms with E-state index in [0.29, 0.717) is 24.3 Å². The van der Waals surface area contributed by atoms with Crippen molar-refractivity contribution in [1.82, 2.24) is 0 Å². The molecule has 6 nitrogen and oxygen atoms in total. The Morgan fingerprint density at radius 1 is 1.50 bits per heavy atom. The van der Waals surface area contributed by atoms with Crippen LogP contribution < -0.4 is 0 Å². The number of carboxylic acid groups (broad SMARTS) is 1. The highest BCUT2D eigenvalue weighted by molar-refractivity contribution is 6.08. The van der Waals surface area contributed by atoms with E-state index in [1.165, 1.54) is 0 Å². The summed E-state index contributed by atoms with van der Waals surface area (Å²) in [4.78, 5) is 28.2. The molecule has 1 aliphatic heterocycles. The minimum Gasteiger partial charge on any atom is -0.481 e. The molecule has 0 aromatic heterocycles. The molecule has 1 saturated heterocycles. The standard InChI is InChI=1S/C18H21NO5/c1-5-6-12-14(10(2)3)17-9-13(19-4)18(17,24-16(21)22)8-7-11(20)15(17)23-12/h5-6,15H,1,7-9H2,2-4H3,(H,21,22)/b12-6+,19-13?. The van der Waals surface area contributed by atoms with E-state index in [4.69, 9.17) is 9.47 Å². The Kier molecular flexibility index (Phi) is 3.66. The van der Waals surface area contributed by atoms with Crippen molar-refractivity contribution in [3.63, 3.8) is 0 Å². The number of Topliss-reactive ketones (excluding diaryl/α,β-unsaturated/α-hetero) is 1. The van der Waals surface area contributed by atoms with Crippen LogP contribution in [-0.2, 0) is 14.3 Å². The highest BCUT2D eigenvalue weighted by Gasteiger charge is 2.78. The van der Waals surface area contributed by atoms with E-state index < -0.39 is 23.3 Å². The van der Waals surface area contributed by atoms with Gasteiger partial charge in [0.25, 0.3) is 0 Å². The van der Waals surface area contributed by atoms with Gasteiger partial charge in [-0.25, -0.2) is 4.79 Å². The zero-order valence-corrected chi connectivity index (χ0v) is 14.1. The molecule has 128 valence electrons. The quantitative estimate of drug-likeness (QED) is 0.786. The molecule has 2 saturated carbocycles. The summed E-state index contributed by atoms with van der Waals surface area (Å²) in [6, 6.07) is 0. The van der Waals surface area contributed by atoms with Gasteiger partial charge in [0.05, 0.1) is 11.1 Å². The lowest BCUT2D eigenvalue weighted by molar-refractivity contribution is -0.159. The molecule has 3 unspecified atom stereocenters. The Labute approximate surface area is 140 Å². The Morgan fingerprint density at radius 3 is 2.75 bits per heavy atom. The van der Waals surface area contributed by atoms with E-state index in [0.717, 1.165) is 11.1 Å². The average Bonchev–Trinajstić information content (AvgIpc) is 2.85. The lowest BCUT2D eigenvalue weighted by Crippen LogP contribution is -2.74. The highest BCUT2D eigenvalue weighted by Crippen LogP contribution is 2.67. The second-order valence-electron chi connectivity index (χ2n) is 6.62. The monoisotopic (exact) mass is 331 g/mol. The van der Waals surface area contributed by atoms with E-state index in [2.05, 4.69) is 11.6 Å². The smallest absolute Gasteiger partial charge is 0.481 e. The van der Waals surface area contributed by atoms with Crippen LogP contribution in [0.2, 0.25) is 0 Å². The van der Waals surface area contributed by atoms with Gasteiger partial charge >= 0.3 is 6.16 Å². The van der Waals surface area contributed by atoms with Crippen molar-refractivity contribution in [2.75, 3.05) is 7.05 Å². The van der Waals surface area contributed by atoms with E-state index in [-0.39, 0.29) is 12.2 Å². The van der Waals surface area contributed by atoms with Crippen LogP contribution in [0.3, 0.4) is 0 Å². The zero-order chi connectivity index (χ0) is 17.7. The van der Waals surface area contributed by atoms with Crippen LogP contribution >= 0.6 is 0 Å². The summed E-state index contributed by atoms with van der Waals surface area (Å²) in [7, 11) is 1.62. The van der Waals surface area contributed by atoms with Gasteiger partial charge in [-0.3, -0.25) is 9.79 Å². The van der Waals surface area contributed by atoms with Crippen LogP contribution in [0, 0.1) is 5.41 Å². The number of hydrogen-bond acceptors (Lipinski definition) is 5. The number of rotatable bonds is 2. The number of ether oxygens (including phenoxy) is 2. The first kappa shape index (κ1) is 16.5. The van der Waals surface area contributed by atoms with Gasteiger partial charge in [-0.2, -0.15) is 0 Å². The van der Waals surface area contributed by atoms with E-state index in [1.807, 2.05) is 13.8 Å². The Morgan fingerprint density at radius 2 is 2.21 bits per heavy atom. The van der Waals surface area contributed by atoms with Gasteiger partial charge in [-0.1, -0.05) is 18.2 Å². The first-order chi connectivity index (χ1) is 11.3. The van der Waals surface area contributed by atoms with Gasteiger partial charge in [0.1, 0.15) is 5.76 Å². The van der Waals surface area contributed by atoms with Crippen LogP contribution in [0.1, 0.15) is 33.1 Å². The molecule has 0 radical (unpaired) electrons. The Hall–Kier alpha value is -2.37. The van der Waals surface area contributed by atoms with Gasteiger partial charge in [0, 0.05) is 31.9 Å². The maximum absolute atomic E-state index is 12.6. The summed E-state index contributed by atoms with van der Waals surface area (Å²) in [5.41, 5.74) is 0.520. The van der Waals surface area contributed by atoms with Crippen molar-refractivity contribution in [3.8, 4) is 0 Å². The SMILES string of the molecule is C=C/C=C1/OC2C(=O)CCC3(OC(=O)O)C(=NC)CC23C1=C(C)C. The molecule has 0 aromatic rings. The molecule has 3 aliphatic rings. The lowest BCUT2D eigenvalue weighted by atomic mass is 9.45. The van der Waals surface area contributed by atoms with Crippen molar-refractivity contribution in [1.29, 1.82) is 0 Å². The number of aliphatic imine (C=N–C) groups is 1. The average molecular weight is 331 g/mol. The van der Waals surface area contributed by atoms with Gasteiger partial charge in [0.2, 0.25) is 0 Å². The molecule has 24 heavy (non-hydrogen) atoms. The van der Waals surface area contributed by atoms with Gasteiger partial charge in [-0.05, 0) is 19.9 Å². The normalized spacial score (nSPS) is 37.4. The molecule has 1 N–H and O–H groups in total. The molecule has 6 heteroatoms. The molecule has 3 fully saturated rings. The van der Waals surface area contributed by atoms with E-state index >= 15 is 0 Å². The van der Waals surface area contributed by atoms with Gasteiger partial charge < -0.3 is 14.6 Å². The predicted molar refractivity (Wildman–Crippen MR) is 88.0 cm³/mol. The minimum atomic E-state index is -1.36. The van der Waals surface area contributed by atoms with Crippen LogP contribution in [0.15, 0.2) is 40.6 Å². The van der Waals surface area contributed by atoms with Crippen molar-refractivity contribution in [2.24, 2.45) is 10.4 Å². The number of ketones is 1. The predicted octanol–water partition coefficient (Wildman–Crippen LogP) is 3.05. The molecule has 2 aliphatic carbocycles. The van der Waals surface area contributed by atoms with Gasteiger partial charge in [0.15, 0.2) is 17.5 Å². The molecule has 1 spiro atoms. The van der Waals surface area contributed by atoms with E-state index in [9.17, 15) is 14.7 Å². The van der Waals surface area contributed by atoms with Crippen molar-refractivity contribution in [3.05, 3.63) is 35.6 Å². The van der Waals surface area contributed by atoms with Crippen molar-refractivity contribution >= 4 is 17.7 Å². The first-order valence-corrected chi connectivity index (χ1v) is 7.92. The molecule has 3 atom stereocenters. The summed E-state index contributed by atoms with van der Waals surface area (Å²) in [5, 5.41) is 9.32. The third-order valence-corrected chi connectivity index (χ3v) is 5.33. The fraction of sp³-hybridized carbons (Fsp3) is 0.500. The maximum Gasteiger partial charge on any atom is 0.506 e. The third kappa shape index (κ3) is 1.79. The van der Waals surface area contributed by atoms with Crippen LogP contribution in [-0.4, -0.2) is 41.5 Å². The first-order valence-electron chi connectivity index (χ1n) is 7.92. The second kappa shape index (κ2) is 5.33. The zero-order valence-electron chi connectivity index (χ0n) is 14.1. The number of allylic oxidation sites excluding steroid dienone is 4. The maximum atomic E-state index is 12.6. The Bertz CT molecular complexity index is 728. The molecular weight excluding hydrogens is 310 g/mol. The Balaban J connectivity index is 2.27.